The minimum atomic E-state index is -3.48. The summed E-state index contributed by atoms with van der Waals surface area (Å²) in [5.74, 6) is 0.0243. The largest absolute Gasteiger partial charge is 0.381 e. The summed E-state index contributed by atoms with van der Waals surface area (Å²) in [7, 11) is -2.15. The maximum Gasteiger partial charge on any atom is 0.245 e. The van der Waals surface area contributed by atoms with Crippen LogP contribution in [0.15, 0.2) is 11.1 Å². The summed E-state index contributed by atoms with van der Waals surface area (Å²) in [4.78, 5) is 0.0249. The zero-order chi connectivity index (χ0) is 10.1. The van der Waals surface area contributed by atoms with E-state index in [0.717, 1.165) is 0 Å². The van der Waals surface area contributed by atoms with E-state index in [0.29, 0.717) is 6.54 Å². The van der Waals surface area contributed by atoms with Crippen LogP contribution in [0.3, 0.4) is 0 Å². The van der Waals surface area contributed by atoms with Gasteiger partial charge >= 0.3 is 0 Å². The van der Waals surface area contributed by atoms with Gasteiger partial charge in [-0.2, -0.15) is 5.10 Å². The summed E-state index contributed by atoms with van der Waals surface area (Å²) in [6, 6.07) is 0. The van der Waals surface area contributed by atoms with Crippen molar-refractivity contribution in [1.29, 1.82) is 0 Å². The molecular formula is C6H12N4O2S. The summed E-state index contributed by atoms with van der Waals surface area (Å²) in [5, 5.41) is 3.82. The Labute approximate surface area is 76.8 Å². The third-order valence-electron chi connectivity index (χ3n) is 1.64. The number of aromatic nitrogens is 2. The standard InChI is InChI=1S/C6H12N4O2S/c1-3-10-4-5(6(7)9-10)13(11,12)8-2/h4,8H,3H2,1-2H3,(H2,7,9). The molecule has 0 aliphatic carbocycles. The van der Waals surface area contributed by atoms with E-state index in [1.807, 2.05) is 6.92 Å². The minimum absolute atomic E-state index is 0.0243. The maximum absolute atomic E-state index is 11.3. The number of hydrogen-bond acceptors (Lipinski definition) is 4. The molecule has 13 heavy (non-hydrogen) atoms. The van der Waals surface area contributed by atoms with Crippen LogP contribution >= 0.6 is 0 Å². The van der Waals surface area contributed by atoms with E-state index in [-0.39, 0.29) is 10.7 Å². The number of rotatable bonds is 3. The molecule has 7 heteroatoms. The highest BCUT2D eigenvalue weighted by Crippen LogP contribution is 2.14. The van der Waals surface area contributed by atoms with Gasteiger partial charge in [0, 0.05) is 12.7 Å². The molecule has 0 unspecified atom stereocenters. The zero-order valence-corrected chi connectivity index (χ0v) is 8.30. The van der Waals surface area contributed by atoms with Crippen LogP contribution in [0.5, 0.6) is 0 Å². The van der Waals surface area contributed by atoms with Crippen molar-refractivity contribution in [3.05, 3.63) is 6.20 Å². The molecule has 0 amide bonds. The fourth-order valence-electron chi connectivity index (χ4n) is 0.897. The number of nitrogens with zero attached hydrogens (tertiary/aromatic N) is 2. The van der Waals surface area contributed by atoms with Crippen molar-refractivity contribution >= 4 is 15.8 Å². The average Bonchev–Trinajstić information content (AvgIpc) is 2.47. The Hall–Kier alpha value is -1.08. The van der Waals surface area contributed by atoms with Crippen LogP contribution in [0.25, 0.3) is 0 Å². The van der Waals surface area contributed by atoms with Gasteiger partial charge in [0.05, 0.1) is 0 Å². The molecule has 1 aromatic heterocycles. The minimum Gasteiger partial charge on any atom is -0.381 e. The van der Waals surface area contributed by atoms with Crippen LogP contribution in [-0.4, -0.2) is 25.2 Å². The predicted molar refractivity (Wildman–Crippen MR) is 48.6 cm³/mol. The molecule has 74 valence electrons. The fraction of sp³-hybridized carbons (Fsp3) is 0.500. The van der Waals surface area contributed by atoms with Crippen LogP contribution < -0.4 is 10.5 Å². The van der Waals surface area contributed by atoms with Crippen LogP contribution in [0, 0.1) is 0 Å². The molecule has 0 fully saturated rings. The molecule has 3 N–H and O–H groups in total. The highest BCUT2D eigenvalue weighted by molar-refractivity contribution is 7.89. The first kappa shape index (κ1) is 10.0. The Morgan fingerprint density at radius 3 is 2.69 bits per heavy atom. The van der Waals surface area contributed by atoms with E-state index in [4.69, 9.17) is 5.73 Å². The van der Waals surface area contributed by atoms with E-state index in [1.54, 1.807) is 0 Å². The first-order valence-electron chi connectivity index (χ1n) is 3.77. The van der Waals surface area contributed by atoms with Crippen LogP contribution in [0.4, 0.5) is 5.82 Å². The molecule has 6 nitrogen and oxygen atoms in total. The third-order valence-corrected chi connectivity index (χ3v) is 3.07. The third kappa shape index (κ3) is 1.81. The lowest BCUT2D eigenvalue weighted by Gasteiger charge is -1.97. The predicted octanol–water partition coefficient (Wildman–Crippen LogP) is -0.607. The van der Waals surface area contributed by atoms with Gasteiger partial charge in [-0.3, -0.25) is 4.68 Å². The van der Waals surface area contributed by atoms with Gasteiger partial charge in [-0.1, -0.05) is 0 Å². The Bertz CT molecular complexity index is 395. The van der Waals surface area contributed by atoms with Crippen molar-refractivity contribution in [3.63, 3.8) is 0 Å². The van der Waals surface area contributed by atoms with Crippen molar-refractivity contribution < 1.29 is 8.42 Å². The molecule has 0 aliphatic heterocycles. The van der Waals surface area contributed by atoms with Gasteiger partial charge in [-0.15, -0.1) is 0 Å². The van der Waals surface area contributed by atoms with Crippen LogP contribution in [0.1, 0.15) is 6.92 Å². The summed E-state index contributed by atoms with van der Waals surface area (Å²) in [6.45, 7) is 2.44. The molecule has 1 heterocycles. The van der Waals surface area contributed by atoms with Crippen molar-refractivity contribution in [2.45, 2.75) is 18.4 Å². The Balaban J connectivity index is 3.23. The average molecular weight is 204 g/mol. The number of nitrogens with one attached hydrogen (secondary N) is 1. The smallest absolute Gasteiger partial charge is 0.245 e. The topological polar surface area (TPSA) is 90.0 Å². The van der Waals surface area contributed by atoms with Crippen molar-refractivity contribution in [3.8, 4) is 0 Å². The van der Waals surface area contributed by atoms with Gasteiger partial charge in [0.1, 0.15) is 4.90 Å². The number of nitrogen functional groups attached to an aromatic ring is 1. The molecule has 0 bridgehead atoms. The van der Waals surface area contributed by atoms with Gasteiger partial charge in [-0.25, -0.2) is 13.1 Å². The van der Waals surface area contributed by atoms with Gasteiger partial charge in [-0.05, 0) is 14.0 Å². The van der Waals surface area contributed by atoms with E-state index in [1.165, 1.54) is 17.9 Å². The second kappa shape index (κ2) is 3.35. The molecule has 0 radical (unpaired) electrons. The molecule has 0 spiro atoms. The van der Waals surface area contributed by atoms with Gasteiger partial charge in [0.25, 0.3) is 0 Å². The quantitative estimate of drug-likeness (QED) is 0.687. The molecule has 0 saturated heterocycles. The highest BCUT2D eigenvalue weighted by Gasteiger charge is 2.18. The lowest BCUT2D eigenvalue weighted by Crippen LogP contribution is -2.19. The number of aryl methyl sites for hydroxylation is 1. The van der Waals surface area contributed by atoms with Crippen LogP contribution in [-0.2, 0) is 16.6 Å². The first-order valence-corrected chi connectivity index (χ1v) is 5.26. The highest BCUT2D eigenvalue weighted by atomic mass is 32.2. The molecule has 1 aromatic rings. The van der Waals surface area contributed by atoms with Crippen LogP contribution in [0.2, 0.25) is 0 Å². The van der Waals surface area contributed by atoms with Gasteiger partial charge in [0.2, 0.25) is 10.0 Å². The summed E-state index contributed by atoms with van der Waals surface area (Å²) >= 11 is 0. The van der Waals surface area contributed by atoms with Crippen molar-refractivity contribution in [1.82, 2.24) is 14.5 Å². The fourth-order valence-corrected chi connectivity index (χ4v) is 1.69. The van der Waals surface area contributed by atoms with Gasteiger partial charge in [0.15, 0.2) is 5.82 Å². The Morgan fingerprint density at radius 1 is 1.69 bits per heavy atom. The van der Waals surface area contributed by atoms with E-state index in [9.17, 15) is 8.42 Å². The molecule has 0 saturated carbocycles. The normalized spacial score (nSPS) is 11.8. The number of nitrogens with two attached hydrogens (primary N) is 1. The molecule has 0 atom stereocenters. The lowest BCUT2D eigenvalue weighted by molar-refractivity contribution is 0.588. The lowest BCUT2D eigenvalue weighted by atomic mass is 10.6. The van der Waals surface area contributed by atoms with Crippen molar-refractivity contribution in [2.24, 2.45) is 0 Å². The monoisotopic (exact) mass is 204 g/mol. The Morgan fingerprint density at radius 2 is 2.31 bits per heavy atom. The Kier molecular flexibility index (Phi) is 2.58. The maximum atomic E-state index is 11.3. The SMILES string of the molecule is CCn1cc(S(=O)(=O)NC)c(N)n1. The van der Waals surface area contributed by atoms with Gasteiger partial charge < -0.3 is 5.73 Å². The summed E-state index contributed by atoms with van der Waals surface area (Å²) < 4.78 is 26.3. The second-order valence-corrected chi connectivity index (χ2v) is 4.30. The number of anilines is 1. The van der Waals surface area contributed by atoms with Crippen molar-refractivity contribution in [2.75, 3.05) is 12.8 Å². The molecular weight excluding hydrogens is 192 g/mol. The van der Waals surface area contributed by atoms with E-state index < -0.39 is 10.0 Å². The molecule has 1 rings (SSSR count). The second-order valence-electron chi connectivity index (χ2n) is 2.44. The van der Waals surface area contributed by atoms with E-state index >= 15 is 0 Å². The first-order chi connectivity index (χ1) is 6.01. The zero-order valence-electron chi connectivity index (χ0n) is 7.48. The van der Waals surface area contributed by atoms with E-state index in [2.05, 4.69) is 9.82 Å². The summed E-state index contributed by atoms with van der Waals surface area (Å²) in [6.07, 6.45) is 1.40. The summed E-state index contributed by atoms with van der Waals surface area (Å²) in [5.41, 5.74) is 5.43. The molecule has 0 aromatic carbocycles. The number of hydrogen-bond donors (Lipinski definition) is 2. The number of sulfonamides is 1. The molecule has 0 aliphatic rings.